The Kier molecular flexibility index (Phi) is 5.11. The van der Waals surface area contributed by atoms with Crippen LogP contribution in [0.5, 0.6) is 0 Å². The molecular weight excluding hydrogens is 258 g/mol. The van der Waals surface area contributed by atoms with Crippen molar-refractivity contribution in [2.45, 2.75) is 52.0 Å². The first-order valence-electron chi connectivity index (χ1n) is 7.33. The lowest BCUT2D eigenvalue weighted by Crippen LogP contribution is -2.16. The molecule has 6 heteroatoms. The summed E-state index contributed by atoms with van der Waals surface area (Å²) in [6.45, 7) is 5.63. The molecule has 1 atom stereocenters. The molecule has 0 bridgehead atoms. The Labute approximate surface area is 119 Å². The second-order valence-corrected chi connectivity index (χ2v) is 5.54. The molecule has 0 aromatic carbocycles. The number of aliphatic carboxylic acids is 1. The third kappa shape index (κ3) is 3.79. The van der Waals surface area contributed by atoms with Gasteiger partial charge in [-0.3, -0.25) is 4.79 Å². The van der Waals surface area contributed by atoms with E-state index in [-0.39, 0.29) is 6.54 Å². The van der Waals surface area contributed by atoms with Crippen LogP contribution in [0.4, 0.5) is 0 Å². The van der Waals surface area contributed by atoms with Crippen molar-refractivity contribution < 1.29 is 14.6 Å². The third-order valence-electron chi connectivity index (χ3n) is 3.86. The number of rotatable bonds is 6. The van der Waals surface area contributed by atoms with Crippen molar-refractivity contribution >= 4 is 5.97 Å². The number of hydrogen-bond acceptors (Lipinski definition) is 4. The first kappa shape index (κ1) is 15.0. The van der Waals surface area contributed by atoms with Gasteiger partial charge in [-0.05, 0) is 18.8 Å². The summed E-state index contributed by atoms with van der Waals surface area (Å²) in [5, 5.41) is 13.4. The van der Waals surface area contributed by atoms with Crippen molar-refractivity contribution in [2.24, 2.45) is 5.92 Å². The number of aromatic nitrogens is 3. The van der Waals surface area contributed by atoms with Gasteiger partial charge >= 0.3 is 5.97 Å². The van der Waals surface area contributed by atoms with Gasteiger partial charge in [-0.1, -0.05) is 20.3 Å². The molecule has 1 saturated heterocycles. The van der Waals surface area contributed by atoms with Crippen LogP contribution in [-0.4, -0.2) is 39.1 Å². The van der Waals surface area contributed by atoms with Gasteiger partial charge in [0.25, 0.3) is 0 Å². The summed E-state index contributed by atoms with van der Waals surface area (Å²) in [6.07, 6.45) is 3.66. The Bertz CT molecular complexity index is 453. The fourth-order valence-corrected chi connectivity index (χ4v) is 2.38. The second kappa shape index (κ2) is 6.83. The number of ether oxygens (including phenoxy) is 1. The van der Waals surface area contributed by atoms with Gasteiger partial charge in [0, 0.05) is 25.6 Å². The minimum absolute atomic E-state index is 0.109. The van der Waals surface area contributed by atoms with E-state index < -0.39 is 5.97 Å². The van der Waals surface area contributed by atoms with Crippen LogP contribution in [0.2, 0.25) is 0 Å². The Morgan fingerprint density at radius 3 is 2.80 bits per heavy atom. The van der Waals surface area contributed by atoms with E-state index in [9.17, 15) is 4.79 Å². The fraction of sp³-hybridized carbons (Fsp3) is 0.786. The highest BCUT2D eigenvalue weighted by Gasteiger charge is 2.23. The van der Waals surface area contributed by atoms with Crippen LogP contribution in [0.15, 0.2) is 0 Å². The Morgan fingerprint density at radius 2 is 2.20 bits per heavy atom. The predicted octanol–water partition coefficient (Wildman–Crippen LogP) is 1.85. The molecule has 0 saturated carbocycles. The maximum atomic E-state index is 11.0. The molecule has 1 aromatic heterocycles. The molecule has 6 nitrogen and oxygen atoms in total. The predicted molar refractivity (Wildman–Crippen MR) is 73.6 cm³/mol. The molecule has 1 aliphatic rings. The maximum Gasteiger partial charge on any atom is 0.325 e. The van der Waals surface area contributed by atoms with Crippen molar-refractivity contribution in [3.8, 4) is 0 Å². The minimum Gasteiger partial charge on any atom is -0.480 e. The van der Waals surface area contributed by atoms with E-state index in [1.807, 2.05) is 0 Å². The highest BCUT2D eigenvalue weighted by molar-refractivity contribution is 5.66. The summed E-state index contributed by atoms with van der Waals surface area (Å²) in [7, 11) is 0. The molecule has 0 aliphatic carbocycles. The number of nitrogens with zero attached hydrogens (tertiary/aromatic N) is 3. The zero-order valence-corrected chi connectivity index (χ0v) is 12.2. The van der Waals surface area contributed by atoms with Crippen molar-refractivity contribution in [2.75, 3.05) is 13.2 Å². The van der Waals surface area contributed by atoms with E-state index in [1.54, 1.807) is 4.68 Å². The van der Waals surface area contributed by atoms with Gasteiger partial charge in [0.15, 0.2) is 5.82 Å². The smallest absolute Gasteiger partial charge is 0.325 e. The molecule has 0 radical (unpaired) electrons. The van der Waals surface area contributed by atoms with Crippen LogP contribution < -0.4 is 0 Å². The summed E-state index contributed by atoms with van der Waals surface area (Å²) in [5.41, 5.74) is 0. The van der Waals surface area contributed by atoms with Crippen molar-refractivity contribution in [3.05, 3.63) is 11.6 Å². The van der Waals surface area contributed by atoms with Crippen LogP contribution in [-0.2, 0) is 22.5 Å². The topological polar surface area (TPSA) is 77.2 Å². The molecule has 1 aromatic rings. The quantitative estimate of drug-likeness (QED) is 0.861. The molecule has 2 rings (SSSR count). The molecule has 112 valence electrons. The molecule has 0 amide bonds. The SMILES string of the molecule is CCC(C)Cc1nc(C2CCOCC2)nn1CC(=O)O. The molecule has 2 heterocycles. The number of hydrogen-bond donors (Lipinski definition) is 1. The van der Waals surface area contributed by atoms with Crippen LogP contribution in [0.25, 0.3) is 0 Å². The Morgan fingerprint density at radius 1 is 1.50 bits per heavy atom. The first-order chi connectivity index (χ1) is 9.60. The second-order valence-electron chi connectivity index (χ2n) is 5.54. The first-order valence-corrected chi connectivity index (χ1v) is 7.33. The lowest BCUT2D eigenvalue weighted by Gasteiger charge is -2.18. The third-order valence-corrected chi connectivity index (χ3v) is 3.86. The summed E-state index contributed by atoms with van der Waals surface area (Å²) in [5.74, 6) is 1.48. The molecule has 20 heavy (non-hydrogen) atoms. The lowest BCUT2D eigenvalue weighted by atomic mass is 10.00. The van der Waals surface area contributed by atoms with Crippen LogP contribution >= 0.6 is 0 Å². The number of carboxylic acid groups (broad SMARTS) is 1. The van der Waals surface area contributed by atoms with E-state index in [2.05, 4.69) is 23.9 Å². The lowest BCUT2D eigenvalue weighted by molar-refractivity contribution is -0.137. The highest BCUT2D eigenvalue weighted by Crippen LogP contribution is 2.25. The van der Waals surface area contributed by atoms with Gasteiger partial charge in [0.2, 0.25) is 0 Å². The molecule has 1 unspecified atom stereocenters. The average Bonchev–Trinajstić information content (AvgIpc) is 2.82. The molecular formula is C14H23N3O3. The largest absolute Gasteiger partial charge is 0.480 e. The molecule has 1 aliphatic heterocycles. The van der Waals surface area contributed by atoms with Gasteiger partial charge in [0.1, 0.15) is 12.4 Å². The van der Waals surface area contributed by atoms with E-state index in [4.69, 9.17) is 9.84 Å². The van der Waals surface area contributed by atoms with Crippen LogP contribution in [0, 0.1) is 5.92 Å². The summed E-state index contributed by atoms with van der Waals surface area (Å²) in [6, 6.07) is 0. The molecule has 1 fully saturated rings. The zero-order chi connectivity index (χ0) is 14.5. The number of carboxylic acids is 1. The summed E-state index contributed by atoms with van der Waals surface area (Å²) >= 11 is 0. The van der Waals surface area contributed by atoms with Gasteiger partial charge in [0.05, 0.1) is 0 Å². The van der Waals surface area contributed by atoms with Crippen LogP contribution in [0.1, 0.15) is 50.7 Å². The van der Waals surface area contributed by atoms with Crippen LogP contribution in [0.3, 0.4) is 0 Å². The maximum absolute atomic E-state index is 11.0. The van der Waals surface area contributed by atoms with Gasteiger partial charge in [-0.2, -0.15) is 5.10 Å². The standard InChI is InChI=1S/C14H23N3O3/c1-3-10(2)8-12-15-14(11-4-6-20-7-5-11)16-17(12)9-13(18)19/h10-11H,3-9H2,1-2H3,(H,18,19). The average molecular weight is 281 g/mol. The van der Waals surface area contributed by atoms with Crippen molar-refractivity contribution in [1.29, 1.82) is 0 Å². The van der Waals surface area contributed by atoms with Gasteiger partial charge in [-0.15, -0.1) is 0 Å². The van der Waals surface area contributed by atoms with Crippen molar-refractivity contribution in [3.63, 3.8) is 0 Å². The Hall–Kier alpha value is -1.43. The molecule has 1 N–H and O–H groups in total. The normalized spacial score (nSPS) is 18.1. The Balaban J connectivity index is 2.18. The van der Waals surface area contributed by atoms with Gasteiger partial charge in [-0.25, -0.2) is 9.67 Å². The monoisotopic (exact) mass is 281 g/mol. The van der Waals surface area contributed by atoms with E-state index in [0.29, 0.717) is 11.8 Å². The van der Waals surface area contributed by atoms with Gasteiger partial charge < -0.3 is 9.84 Å². The highest BCUT2D eigenvalue weighted by atomic mass is 16.5. The van der Waals surface area contributed by atoms with E-state index in [0.717, 1.165) is 50.5 Å². The van der Waals surface area contributed by atoms with E-state index >= 15 is 0 Å². The fourth-order valence-electron chi connectivity index (χ4n) is 2.38. The summed E-state index contributed by atoms with van der Waals surface area (Å²) < 4.78 is 6.90. The zero-order valence-electron chi connectivity index (χ0n) is 12.2. The number of carbonyl (C=O) groups is 1. The van der Waals surface area contributed by atoms with Crippen molar-refractivity contribution in [1.82, 2.24) is 14.8 Å². The van der Waals surface area contributed by atoms with E-state index in [1.165, 1.54) is 0 Å². The summed E-state index contributed by atoms with van der Waals surface area (Å²) in [4.78, 5) is 15.6. The minimum atomic E-state index is -0.876. The molecule has 0 spiro atoms.